The van der Waals surface area contributed by atoms with Gasteiger partial charge in [0.25, 0.3) is 0 Å². The van der Waals surface area contributed by atoms with Crippen LogP contribution in [0.3, 0.4) is 0 Å². The Morgan fingerprint density at radius 1 is 0.964 bits per heavy atom. The normalized spacial score (nSPS) is 12.2. The summed E-state index contributed by atoms with van der Waals surface area (Å²) in [6.45, 7) is 3.93. The molecule has 2 aromatic carbocycles. The molecule has 0 saturated heterocycles. The van der Waals surface area contributed by atoms with Gasteiger partial charge in [0.05, 0.1) is 5.25 Å². The molecule has 2 heterocycles. The van der Waals surface area contributed by atoms with Crippen molar-refractivity contribution in [3.8, 4) is 22.8 Å². The lowest BCUT2D eigenvalue weighted by atomic mass is 10.1. The van der Waals surface area contributed by atoms with E-state index in [0.717, 1.165) is 11.1 Å². The first kappa shape index (κ1) is 18.2. The van der Waals surface area contributed by atoms with Gasteiger partial charge in [-0.1, -0.05) is 41.6 Å². The molecule has 4 rings (SSSR count). The van der Waals surface area contributed by atoms with Crippen LogP contribution < -0.4 is 5.84 Å². The largest absolute Gasteiger partial charge is 0.419 e. The van der Waals surface area contributed by atoms with Crippen LogP contribution in [0.25, 0.3) is 22.8 Å². The Kier molecular flexibility index (Phi) is 4.82. The Bertz CT molecular complexity index is 1090. The van der Waals surface area contributed by atoms with Crippen LogP contribution in [0.2, 0.25) is 0 Å². The third-order valence-corrected chi connectivity index (χ3v) is 5.18. The molecule has 0 amide bonds. The molecule has 9 heteroatoms. The molecule has 2 aromatic heterocycles. The lowest BCUT2D eigenvalue weighted by molar-refractivity contribution is 0.508. The highest BCUT2D eigenvalue weighted by atomic mass is 32.2. The fourth-order valence-corrected chi connectivity index (χ4v) is 3.37. The Morgan fingerprint density at radius 3 is 2.36 bits per heavy atom. The van der Waals surface area contributed by atoms with Crippen LogP contribution in [0.4, 0.5) is 4.39 Å². The van der Waals surface area contributed by atoms with Gasteiger partial charge in [-0.3, -0.25) is 0 Å². The molecule has 7 nitrogen and oxygen atoms in total. The summed E-state index contributed by atoms with van der Waals surface area (Å²) in [5.74, 6) is 7.19. The number of halogens is 1. The Hall–Kier alpha value is -3.20. The van der Waals surface area contributed by atoms with Crippen LogP contribution in [0.5, 0.6) is 0 Å². The van der Waals surface area contributed by atoms with E-state index in [4.69, 9.17) is 10.3 Å². The molecular weight excluding hydrogens is 379 g/mol. The molecule has 0 aliphatic carbocycles. The third kappa shape index (κ3) is 3.61. The summed E-state index contributed by atoms with van der Waals surface area (Å²) < 4.78 is 20.2. The number of nitrogen functional groups attached to an aromatic ring is 1. The van der Waals surface area contributed by atoms with Crippen molar-refractivity contribution in [2.75, 3.05) is 5.84 Å². The maximum Gasteiger partial charge on any atom is 0.247 e. The minimum absolute atomic E-state index is 0.195. The summed E-state index contributed by atoms with van der Waals surface area (Å²) in [5, 5.41) is 16.8. The summed E-state index contributed by atoms with van der Waals surface area (Å²) in [6, 6.07) is 13.8. The Labute approximate surface area is 164 Å². The summed E-state index contributed by atoms with van der Waals surface area (Å²) >= 11 is 1.36. The molecule has 0 aliphatic rings. The van der Waals surface area contributed by atoms with Crippen molar-refractivity contribution in [3.05, 3.63) is 65.8 Å². The molecule has 2 N–H and O–H groups in total. The maximum absolute atomic E-state index is 13.1. The highest BCUT2D eigenvalue weighted by Crippen LogP contribution is 2.34. The second-order valence-electron chi connectivity index (χ2n) is 6.25. The van der Waals surface area contributed by atoms with Gasteiger partial charge in [-0.15, -0.1) is 20.4 Å². The first-order valence-electron chi connectivity index (χ1n) is 8.55. The molecule has 0 radical (unpaired) electrons. The van der Waals surface area contributed by atoms with Crippen molar-refractivity contribution < 1.29 is 8.81 Å². The number of nitrogens with zero attached hydrogens (tertiary/aromatic N) is 5. The van der Waals surface area contributed by atoms with Crippen LogP contribution in [0, 0.1) is 12.7 Å². The Morgan fingerprint density at radius 2 is 1.64 bits per heavy atom. The van der Waals surface area contributed by atoms with Gasteiger partial charge in [0, 0.05) is 11.1 Å². The van der Waals surface area contributed by atoms with Crippen molar-refractivity contribution in [1.29, 1.82) is 0 Å². The molecule has 0 saturated carbocycles. The van der Waals surface area contributed by atoms with Crippen molar-refractivity contribution in [2.24, 2.45) is 0 Å². The smallest absolute Gasteiger partial charge is 0.247 e. The molecule has 28 heavy (non-hydrogen) atoms. The van der Waals surface area contributed by atoms with E-state index in [2.05, 4.69) is 20.4 Å². The lowest BCUT2D eigenvalue weighted by Crippen LogP contribution is -2.12. The summed E-state index contributed by atoms with van der Waals surface area (Å²) in [4.78, 5) is 0. The molecule has 0 bridgehead atoms. The molecular formula is C19H17FN6OS. The first-order valence-corrected chi connectivity index (χ1v) is 9.43. The second kappa shape index (κ2) is 7.43. The van der Waals surface area contributed by atoms with Crippen molar-refractivity contribution in [1.82, 2.24) is 25.1 Å². The number of hydrogen-bond donors (Lipinski definition) is 1. The fraction of sp³-hybridized carbons (Fsp3) is 0.158. The standard InChI is InChI=1S/C19H17FN6OS/c1-11-3-5-13(6-4-11)16-22-25-19(26(16)21)28-12(2)17-23-24-18(27-17)14-7-9-15(20)10-8-14/h3-10,12H,21H2,1-2H3/t12-/m0/s1. The van der Waals surface area contributed by atoms with Gasteiger partial charge in [-0.2, -0.15) is 0 Å². The van der Waals surface area contributed by atoms with E-state index in [1.165, 1.54) is 28.6 Å². The second-order valence-corrected chi connectivity index (χ2v) is 7.56. The third-order valence-electron chi connectivity index (χ3n) is 4.14. The van der Waals surface area contributed by atoms with E-state index in [0.29, 0.717) is 28.3 Å². The first-order chi connectivity index (χ1) is 13.5. The van der Waals surface area contributed by atoms with E-state index in [1.54, 1.807) is 12.1 Å². The van der Waals surface area contributed by atoms with Crippen molar-refractivity contribution >= 4 is 11.8 Å². The summed E-state index contributed by atoms with van der Waals surface area (Å²) in [5.41, 5.74) is 2.70. The quantitative estimate of drug-likeness (QED) is 0.402. The number of aryl methyl sites for hydroxylation is 1. The SMILES string of the molecule is Cc1ccc(-c2nnc(S[C@@H](C)c3nnc(-c4ccc(F)cc4)o3)n2N)cc1. The lowest BCUT2D eigenvalue weighted by Gasteiger charge is -2.07. The van der Waals surface area contributed by atoms with Crippen LogP contribution in [0.1, 0.15) is 23.6 Å². The molecule has 0 fully saturated rings. The van der Waals surface area contributed by atoms with Crippen LogP contribution in [-0.2, 0) is 0 Å². The fourth-order valence-electron chi connectivity index (χ4n) is 2.57. The van der Waals surface area contributed by atoms with E-state index in [9.17, 15) is 4.39 Å². The highest BCUT2D eigenvalue weighted by molar-refractivity contribution is 7.99. The number of aromatic nitrogens is 5. The van der Waals surface area contributed by atoms with Crippen molar-refractivity contribution in [2.45, 2.75) is 24.3 Å². The topological polar surface area (TPSA) is 95.6 Å². The summed E-state index contributed by atoms with van der Waals surface area (Å²) in [7, 11) is 0. The van der Waals surface area contributed by atoms with Gasteiger partial charge in [0.2, 0.25) is 16.9 Å². The molecule has 0 unspecified atom stereocenters. The highest BCUT2D eigenvalue weighted by Gasteiger charge is 2.20. The molecule has 4 aromatic rings. The predicted octanol–water partition coefficient (Wildman–Crippen LogP) is 4.01. The zero-order valence-corrected chi connectivity index (χ0v) is 16.0. The molecule has 0 aliphatic heterocycles. The van der Waals surface area contributed by atoms with Gasteiger partial charge in [0.1, 0.15) is 5.82 Å². The van der Waals surface area contributed by atoms with Gasteiger partial charge in [-0.05, 0) is 38.1 Å². The van der Waals surface area contributed by atoms with Crippen LogP contribution in [-0.4, -0.2) is 25.1 Å². The average molecular weight is 396 g/mol. The number of thioether (sulfide) groups is 1. The zero-order valence-electron chi connectivity index (χ0n) is 15.2. The van der Waals surface area contributed by atoms with E-state index < -0.39 is 0 Å². The van der Waals surface area contributed by atoms with Gasteiger partial charge < -0.3 is 10.3 Å². The van der Waals surface area contributed by atoms with Gasteiger partial charge in [-0.25, -0.2) is 9.07 Å². The number of nitrogens with two attached hydrogens (primary N) is 1. The number of hydrogen-bond acceptors (Lipinski definition) is 7. The molecule has 142 valence electrons. The number of benzene rings is 2. The zero-order chi connectivity index (χ0) is 19.7. The van der Waals surface area contributed by atoms with Crippen LogP contribution >= 0.6 is 11.8 Å². The van der Waals surface area contributed by atoms with Gasteiger partial charge >= 0.3 is 0 Å². The summed E-state index contributed by atoms with van der Waals surface area (Å²) in [6.07, 6.45) is 0. The number of rotatable bonds is 5. The minimum Gasteiger partial charge on any atom is -0.419 e. The maximum atomic E-state index is 13.1. The van der Waals surface area contributed by atoms with Crippen LogP contribution in [0.15, 0.2) is 58.1 Å². The van der Waals surface area contributed by atoms with Gasteiger partial charge in [0.15, 0.2) is 5.82 Å². The minimum atomic E-state index is -0.320. The van der Waals surface area contributed by atoms with E-state index in [-0.39, 0.29) is 11.1 Å². The monoisotopic (exact) mass is 396 g/mol. The van der Waals surface area contributed by atoms with E-state index in [1.807, 2.05) is 38.1 Å². The average Bonchev–Trinajstić information content (AvgIpc) is 3.31. The molecule has 0 spiro atoms. The Balaban J connectivity index is 1.52. The predicted molar refractivity (Wildman–Crippen MR) is 104 cm³/mol. The van der Waals surface area contributed by atoms with Crippen molar-refractivity contribution in [3.63, 3.8) is 0 Å². The van der Waals surface area contributed by atoms with E-state index >= 15 is 0 Å². The molecule has 1 atom stereocenters.